The highest BCUT2D eigenvalue weighted by Crippen LogP contribution is 2.49. The van der Waals surface area contributed by atoms with Gasteiger partial charge in [-0.25, -0.2) is 0 Å². The molecule has 4 nitrogen and oxygen atoms in total. The molecule has 1 amide bonds. The van der Waals surface area contributed by atoms with Gasteiger partial charge in [-0.05, 0) is 36.0 Å². The van der Waals surface area contributed by atoms with Crippen LogP contribution < -0.4 is 14.8 Å². The van der Waals surface area contributed by atoms with Crippen molar-refractivity contribution in [2.45, 2.75) is 14.6 Å². The summed E-state index contributed by atoms with van der Waals surface area (Å²) >= 11 is 24.8. The number of carbonyl (C=O) groups is 1. The number of benzene rings is 2. The third-order valence-corrected chi connectivity index (χ3v) is 4.78. The fraction of sp³-hybridized carbons (Fsp3) is 0.133. The topological polar surface area (TPSA) is 47.6 Å². The Kier molecular flexibility index (Phi) is 5.00. The summed E-state index contributed by atoms with van der Waals surface area (Å²) in [5.41, 5.74) is 0. The average molecular weight is 425 g/mol. The first-order valence-corrected chi connectivity index (χ1v) is 8.91. The Hall–Kier alpha value is -0.980. The van der Waals surface area contributed by atoms with Crippen LogP contribution in [0.15, 0.2) is 53.4 Å². The van der Waals surface area contributed by atoms with E-state index in [2.05, 4.69) is 5.32 Å². The summed E-state index contributed by atoms with van der Waals surface area (Å²) in [5.74, 6) is -1.43. The molecule has 1 heterocycles. The van der Waals surface area contributed by atoms with Gasteiger partial charge >= 0.3 is 5.91 Å². The van der Waals surface area contributed by atoms with Crippen molar-refractivity contribution >= 4 is 63.4 Å². The number of halogens is 4. The number of alkyl halides is 3. The van der Waals surface area contributed by atoms with Crippen molar-refractivity contribution in [2.75, 3.05) is 0 Å². The first-order valence-electron chi connectivity index (χ1n) is 6.58. The minimum absolute atomic E-state index is 0.263. The molecule has 0 spiro atoms. The minimum Gasteiger partial charge on any atom is -0.428 e. The van der Waals surface area contributed by atoms with Gasteiger partial charge in [0.15, 0.2) is 11.5 Å². The van der Waals surface area contributed by atoms with Crippen molar-refractivity contribution in [2.24, 2.45) is 0 Å². The second-order valence-electron chi connectivity index (χ2n) is 4.74. The molecule has 0 saturated carbocycles. The number of hydrogen-bond acceptors (Lipinski definition) is 4. The van der Waals surface area contributed by atoms with Crippen LogP contribution in [0.25, 0.3) is 0 Å². The van der Waals surface area contributed by atoms with Gasteiger partial charge in [0.25, 0.3) is 9.03 Å². The van der Waals surface area contributed by atoms with E-state index in [1.165, 1.54) is 6.07 Å². The lowest BCUT2D eigenvalue weighted by Gasteiger charge is -2.33. The van der Waals surface area contributed by atoms with Crippen LogP contribution in [0.2, 0.25) is 5.02 Å². The molecule has 2 aromatic carbocycles. The van der Waals surface area contributed by atoms with Gasteiger partial charge in [0.2, 0.25) is 0 Å². The number of fused-ring (bicyclic) bond motifs is 1. The lowest BCUT2D eigenvalue weighted by molar-refractivity contribution is -0.0911. The van der Waals surface area contributed by atoms with E-state index in [1.807, 2.05) is 6.07 Å². The smallest absolute Gasteiger partial charge is 0.388 e. The van der Waals surface area contributed by atoms with Gasteiger partial charge in [0, 0.05) is 16.0 Å². The van der Waals surface area contributed by atoms with E-state index >= 15 is 0 Å². The number of amides is 1. The van der Waals surface area contributed by atoms with Crippen molar-refractivity contribution in [3.63, 3.8) is 0 Å². The molecular formula is C15H9Cl4NO3S. The fourth-order valence-corrected chi connectivity index (χ4v) is 3.20. The van der Waals surface area contributed by atoms with Crippen LogP contribution in [0, 0.1) is 0 Å². The molecule has 0 saturated heterocycles. The fourth-order valence-electron chi connectivity index (χ4n) is 1.97. The molecule has 3 rings (SSSR count). The molecule has 0 unspecified atom stereocenters. The van der Waals surface area contributed by atoms with Gasteiger partial charge in [0.1, 0.15) is 0 Å². The van der Waals surface area contributed by atoms with Crippen molar-refractivity contribution in [1.29, 1.82) is 0 Å². The van der Waals surface area contributed by atoms with Gasteiger partial charge in [-0.1, -0.05) is 64.6 Å². The molecule has 2 aromatic rings. The van der Waals surface area contributed by atoms with Crippen LogP contribution in [0.1, 0.15) is 0 Å². The maximum Gasteiger partial charge on any atom is 0.388 e. The summed E-state index contributed by atoms with van der Waals surface area (Å²) in [6.45, 7) is 0. The first-order chi connectivity index (χ1) is 11.3. The Balaban J connectivity index is 1.83. The van der Waals surface area contributed by atoms with E-state index < -0.39 is 14.9 Å². The largest absolute Gasteiger partial charge is 0.428 e. The maximum atomic E-state index is 12.3. The number of ether oxygens (including phenoxy) is 2. The Morgan fingerprint density at radius 1 is 1.04 bits per heavy atom. The van der Waals surface area contributed by atoms with Crippen LogP contribution >= 0.6 is 58.2 Å². The van der Waals surface area contributed by atoms with Gasteiger partial charge < -0.3 is 9.47 Å². The van der Waals surface area contributed by atoms with E-state index in [1.54, 1.807) is 36.4 Å². The number of rotatable bonds is 2. The normalized spacial score (nSPS) is 19.2. The first kappa shape index (κ1) is 17.8. The van der Waals surface area contributed by atoms with Crippen molar-refractivity contribution in [1.82, 2.24) is 5.32 Å². The zero-order valence-corrected chi connectivity index (χ0v) is 15.6. The molecule has 126 valence electrons. The molecule has 9 heteroatoms. The standard InChI is InChI=1S/C15H9Cl4NO3S/c16-9-6-7-11-12(8-9)23-15(22-11,14(17,18)19)20-13(21)24-10-4-2-1-3-5-10/h1-8H,(H,20,21)/t15-/m0/s1. The Morgan fingerprint density at radius 3 is 2.38 bits per heavy atom. The molecule has 1 atom stereocenters. The molecule has 0 radical (unpaired) electrons. The molecule has 0 aromatic heterocycles. The number of thioether (sulfide) groups is 1. The van der Waals surface area contributed by atoms with E-state index in [-0.39, 0.29) is 5.75 Å². The highest BCUT2D eigenvalue weighted by Gasteiger charge is 2.59. The number of nitrogens with one attached hydrogen (secondary N) is 1. The molecule has 0 fully saturated rings. The summed E-state index contributed by atoms with van der Waals surface area (Å²) in [6.07, 6.45) is 0. The highest BCUT2D eigenvalue weighted by atomic mass is 35.6. The van der Waals surface area contributed by atoms with Gasteiger partial charge in [-0.2, -0.15) is 0 Å². The summed E-state index contributed by atoms with van der Waals surface area (Å²) in [7, 11) is 0. The van der Waals surface area contributed by atoms with Crippen LogP contribution in [-0.2, 0) is 0 Å². The second kappa shape index (κ2) is 6.73. The van der Waals surface area contributed by atoms with Crippen LogP contribution in [0.4, 0.5) is 4.79 Å². The zero-order chi connectivity index (χ0) is 17.4. The zero-order valence-electron chi connectivity index (χ0n) is 11.8. The predicted octanol–water partition coefficient (Wildman–Crippen LogP) is 5.64. The number of hydrogen-bond donors (Lipinski definition) is 1. The van der Waals surface area contributed by atoms with Crippen molar-refractivity contribution < 1.29 is 14.3 Å². The molecular weight excluding hydrogens is 416 g/mol. The third kappa shape index (κ3) is 3.65. The molecule has 1 N–H and O–H groups in total. The van der Waals surface area contributed by atoms with E-state index in [9.17, 15) is 4.79 Å². The minimum atomic E-state index is -2.09. The molecule has 1 aliphatic rings. The predicted molar refractivity (Wildman–Crippen MR) is 96.6 cm³/mol. The van der Waals surface area contributed by atoms with Gasteiger partial charge in [-0.3, -0.25) is 10.1 Å². The molecule has 1 aliphatic heterocycles. The number of carbonyl (C=O) groups excluding carboxylic acids is 1. The summed E-state index contributed by atoms with van der Waals surface area (Å²) in [6, 6.07) is 13.7. The Labute approximate surface area is 162 Å². The van der Waals surface area contributed by atoms with Crippen molar-refractivity contribution in [3.8, 4) is 11.5 Å². The Bertz CT molecular complexity index is 769. The second-order valence-corrected chi connectivity index (χ2v) is 8.50. The maximum absolute atomic E-state index is 12.3. The van der Waals surface area contributed by atoms with Crippen LogP contribution in [0.3, 0.4) is 0 Å². The van der Waals surface area contributed by atoms with Gasteiger partial charge in [-0.15, -0.1) is 0 Å². The average Bonchev–Trinajstić information content (AvgIpc) is 2.86. The van der Waals surface area contributed by atoms with E-state index in [0.29, 0.717) is 15.7 Å². The lowest BCUT2D eigenvalue weighted by atomic mass is 10.3. The summed E-state index contributed by atoms with van der Waals surface area (Å²) in [4.78, 5) is 13.0. The summed E-state index contributed by atoms with van der Waals surface area (Å²) < 4.78 is 9.11. The molecule has 0 bridgehead atoms. The monoisotopic (exact) mass is 423 g/mol. The highest BCUT2D eigenvalue weighted by molar-refractivity contribution is 8.13. The van der Waals surface area contributed by atoms with Gasteiger partial charge in [0.05, 0.1) is 0 Å². The van der Waals surface area contributed by atoms with E-state index in [0.717, 1.165) is 11.8 Å². The third-order valence-electron chi connectivity index (χ3n) is 3.01. The van der Waals surface area contributed by atoms with E-state index in [4.69, 9.17) is 55.9 Å². The molecule has 24 heavy (non-hydrogen) atoms. The Morgan fingerprint density at radius 2 is 1.71 bits per heavy atom. The quantitative estimate of drug-likeness (QED) is 0.500. The SMILES string of the molecule is O=C(N[C@@]1(C(Cl)(Cl)Cl)Oc2ccc(Cl)cc2O1)Sc1ccccc1. The van der Waals surface area contributed by atoms with Crippen LogP contribution in [0.5, 0.6) is 11.5 Å². The molecule has 0 aliphatic carbocycles. The van der Waals surface area contributed by atoms with Crippen LogP contribution in [-0.4, -0.2) is 14.9 Å². The summed E-state index contributed by atoms with van der Waals surface area (Å²) in [5, 5.41) is 2.40. The van der Waals surface area contributed by atoms with Crippen molar-refractivity contribution in [3.05, 3.63) is 53.6 Å². The lowest BCUT2D eigenvalue weighted by Crippen LogP contribution is -2.62.